The van der Waals surface area contributed by atoms with Crippen molar-refractivity contribution in [2.24, 2.45) is 0 Å². The lowest BCUT2D eigenvalue weighted by Crippen LogP contribution is -2.42. The number of fused-ring (bicyclic) bond motifs is 1. The van der Waals surface area contributed by atoms with Crippen molar-refractivity contribution in [2.45, 2.75) is 32.4 Å². The van der Waals surface area contributed by atoms with E-state index >= 15 is 0 Å². The zero-order valence-corrected chi connectivity index (χ0v) is 14.3. The first kappa shape index (κ1) is 17.1. The molecule has 0 aromatic heterocycles. The maximum Gasteiger partial charge on any atom is 0.251 e. The van der Waals surface area contributed by atoms with Crippen molar-refractivity contribution in [3.8, 4) is 5.75 Å². The van der Waals surface area contributed by atoms with E-state index in [0.717, 1.165) is 5.56 Å². The molecular formula is C20H19FNO3. The lowest BCUT2D eigenvalue weighted by atomic mass is 9.88. The predicted molar refractivity (Wildman–Crippen MR) is 92.1 cm³/mol. The van der Waals surface area contributed by atoms with E-state index in [1.807, 2.05) is 20.3 Å². The standard InChI is InChI=1S/C20H19FNO3/c1-12(23)14-6-9-18-16(10-14)17(11-20(2,3)25-18)22-19(24)13-4-7-15(21)8-5-13/h4-11,17H,1-3H3,(H,22,24)/t17-/m0/s1. The van der Waals surface area contributed by atoms with E-state index in [2.05, 4.69) is 5.32 Å². The van der Waals surface area contributed by atoms with Crippen LogP contribution in [-0.2, 0) is 0 Å². The van der Waals surface area contributed by atoms with Crippen LogP contribution in [0.15, 0.2) is 42.5 Å². The van der Waals surface area contributed by atoms with Crippen molar-refractivity contribution in [3.63, 3.8) is 0 Å². The molecular weight excluding hydrogens is 321 g/mol. The van der Waals surface area contributed by atoms with Crippen LogP contribution >= 0.6 is 0 Å². The minimum Gasteiger partial charge on any atom is -0.487 e. The molecule has 1 amide bonds. The second kappa shape index (κ2) is 6.31. The first-order valence-electron chi connectivity index (χ1n) is 8.01. The maximum absolute atomic E-state index is 13.0. The SMILES string of the molecule is CC(=O)c1ccc2c(c1)[C@@H](NC(=O)c1ccc(F)cc1)[CH]C(C)(C)O2. The second-order valence-corrected chi connectivity index (χ2v) is 6.64. The summed E-state index contributed by atoms with van der Waals surface area (Å²) in [5.41, 5.74) is 1.06. The number of amides is 1. The molecule has 3 rings (SSSR count). The average molecular weight is 340 g/mol. The van der Waals surface area contributed by atoms with Crippen LogP contribution in [0.5, 0.6) is 5.75 Å². The predicted octanol–water partition coefficient (Wildman–Crippen LogP) is 3.87. The number of nitrogens with one attached hydrogen (secondary N) is 1. The Morgan fingerprint density at radius 2 is 1.72 bits per heavy atom. The van der Waals surface area contributed by atoms with Gasteiger partial charge >= 0.3 is 0 Å². The summed E-state index contributed by atoms with van der Waals surface area (Å²) in [7, 11) is 0. The van der Waals surface area contributed by atoms with Crippen LogP contribution in [0.3, 0.4) is 0 Å². The number of benzene rings is 2. The summed E-state index contributed by atoms with van der Waals surface area (Å²) in [5, 5.41) is 2.92. The number of carbonyl (C=O) groups is 2. The van der Waals surface area contributed by atoms with E-state index in [9.17, 15) is 14.0 Å². The minimum atomic E-state index is -0.578. The zero-order valence-electron chi connectivity index (χ0n) is 14.3. The van der Waals surface area contributed by atoms with E-state index in [1.165, 1.54) is 31.2 Å². The molecule has 4 nitrogen and oxygen atoms in total. The minimum absolute atomic E-state index is 0.0590. The molecule has 1 aliphatic rings. The summed E-state index contributed by atoms with van der Waals surface area (Å²) < 4.78 is 19.0. The molecule has 0 fully saturated rings. The van der Waals surface area contributed by atoms with Gasteiger partial charge in [0.25, 0.3) is 5.91 Å². The highest BCUT2D eigenvalue weighted by Gasteiger charge is 2.35. The van der Waals surface area contributed by atoms with E-state index < -0.39 is 17.5 Å². The largest absolute Gasteiger partial charge is 0.487 e. The number of hydrogen-bond acceptors (Lipinski definition) is 3. The number of Topliss-reactive ketones (excluding diaryl/α,β-unsaturated/α-hetero) is 1. The van der Waals surface area contributed by atoms with Crippen molar-refractivity contribution in [1.82, 2.24) is 5.32 Å². The molecule has 1 radical (unpaired) electrons. The molecule has 25 heavy (non-hydrogen) atoms. The van der Waals surface area contributed by atoms with Gasteiger partial charge in [0.2, 0.25) is 0 Å². The average Bonchev–Trinajstić information content (AvgIpc) is 2.54. The third-order valence-corrected chi connectivity index (χ3v) is 4.09. The van der Waals surface area contributed by atoms with Crippen molar-refractivity contribution >= 4 is 11.7 Å². The monoisotopic (exact) mass is 340 g/mol. The summed E-state index contributed by atoms with van der Waals surface area (Å²) >= 11 is 0. The van der Waals surface area contributed by atoms with Crippen LogP contribution in [0.25, 0.3) is 0 Å². The van der Waals surface area contributed by atoms with Crippen molar-refractivity contribution in [1.29, 1.82) is 0 Å². The Labute approximate surface area is 146 Å². The third-order valence-electron chi connectivity index (χ3n) is 4.09. The van der Waals surface area contributed by atoms with Crippen LogP contribution in [0, 0.1) is 12.2 Å². The fourth-order valence-corrected chi connectivity index (χ4v) is 2.86. The second-order valence-electron chi connectivity index (χ2n) is 6.64. The number of ketones is 1. The van der Waals surface area contributed by atoms with Gasteiger partial charge in [0.05, 0.1) is 6.04 Å². The normalized spacial score (nSPS) is 18.0. The summed E-state index contributed by atoms with van der Waals surface area (Å²) in [6, 6.07) is 10.1. The molecule has 0 bridgehead atoms. The topological polar surface area (TPSA) is 55.4 Å². The quantitative estimate of drug-likeness (QED) is 0.863. The van der Waals surface area contributed by atoms with Crippen molar-refractivity contribution in [2.75, 3.05) is 0 Å². The van der Waals surface area contributed by atoms with Gasteiger partial charge in [0, 0.05) is 23.1 Å². The number of halogens is 1. The third kappa shape index (κ3) is 3.71. The number of ether oxygens (including phenoxy) is 1. The molecule has 1 atom stereocenters. The summed E-state index contributed by atoms with van der Waals surface area (Å²) in [4.78, 5) is 24.2. The molecule has 0 saturated carbocycles. The van der Waals surface area contributed by atoms with Gasteiger partial charge in [-0.2, -0.15) is 0 Å². The first-order chi connectivity index (χ1) is 11.7. The fourth-order valence-electron chi connectivity index (χ4n) is 2.86. The fraction of sp³-hybridized carbons (Fsp3) is 0.250. The van der Waals surface area contributed by atoms with Gasteiger partial charge in [-0.3, -0.25) is 9.59 Å². The Morgan fingerprint density at radius 3 is 2.36 bits per heavy atom. The van der Waals surface area contributed by atoms with E-state index in [-0.39, 0.29) is 11.7 Å². The Kier molecular flexibility index (Phi) is 4.33. The van der Waals surface area contributed by atoms with Gasteiger partial charge in [-0.05, 0) is 63.2 Å². The van der Waals surface area contributed by atoms with Gasteiger partial charge in [-0.25, -0.2) is 4.39 Å². The van der Waals surface area contributed by atoms with Crippen LogP contribution in [0.4, 0.5) is 4.39 Å². The summed E-state index contributed by atoms with van der Waals surface area (Å²) in [6.45, 7) is 5.28. The number of carbonyl (C=O) groups excluding carboxylic acids is 2. The van der Waals surface area contributed by atoms with E-state index in [0.29, 0.717) is 16.9 Å². The Morgan fingerprint density at radius 1 is 1.08 bits per heavy atom. The lowest BCUT2D eigenvalue weighted by molar-refractivity contribution is 0.0889. The van der Waals surface area contributed by atoms with Gasteiger partial charge < -0.3 is 10.1 Å². The van der Waals surface area contributed by atoms with Crippen LogP contribution in [0.1, 0.15) is 53.1 Å². The van der Waals surface area contributed by atoms with Crippen LogP contribution in [0.2, 0.25) is 0 Å². The highest BCUT2D eigenvalue weighted by Crippen LogP contribution is 2.39. The Bertz CT molecular complexity index is 827. The highest BCUT2D eigenvalue weighted by atomic mass is 19.1. The number of hydrogen-bond donors (Lipinski definition) is 1. The lowest BCUT2D eigenvalue weighted by Gasteiger charge is -2.37. The van der Waals surface area contributed by atoms with Crippen LogP contribution < -0.4 is 10.1 Å². The molecule has 1 N–H and O–H groups in total. The van der Waals surface area contributed by atoms with Gasteiger partial charge in [-0.1, -0.05) is 0 Å². The smallest absolute Gasteiger partial charge is 0.251 e. The van der Waals surface area contributed by atoms with Crippen molar-refractivity contribution < 1.29 is 18.7 Å². The molecule has 0 aliphatic carbocycles. The highest BCUT2D eigenvalue weighted by molar-refractivity contribution is 5.95. The molecule has 129 valence electrons. The molecule has 2 aromatic carbocycles. The van der Waals surface area contributed by atoms with Gasteiger partial charge in [-0.15, -0.1) is 0 Å². The van der Waals surface area contributed by atoms with Gasteiger partial charge in [0.15, 0.2) is 5.78 Å². The first-order valence-corrected chi connectivity index (χ1v) is 8.01. The van der Waals surface area contributed by atoms with Crippen molar-refractivity contribution in [3.05, 3.63) is 71.4 Å². The van der Waals surface area contributed by atoms with E-state index in [1.54, 1.807) is 18.2 Å². The number of rotatable bonds is 3. The Hall–Kier alpha value is -2.69. The molecule has 0 unspecified atom stereocenters. The Balaban J connectivity index is 1.92. The van der Waals surface area contributed by atoms with E-state index in [4.69, 9.17) is 4.74 Å². The molecule has 5 heteroatoms. The molecule has 0 saturated heterocycles. The molecule has 1 heterocycles. The molecule has 0 spiro atoms. The molecule has 1 aliphatic heterocycles. The molecule has 2 aromatic rings. The van der Waals surface area contributed by atoms with Gasteiger partial charge in [0.1, 0.15) is 17.2 Å². The zero-order chi connectivity index (χ0) is 18.2. The summed E-state index contributed by atoms with van der Waals surface area (Å²) in [5.74, 6) is -0.150. The summed E-state index contributed by atoms with van der Waals surface area (Å²) in [6.07, 6.45) is 1.88. The maximum atomic E-state index is 13.0. The van der Waals surface area contributed by atoms with Crippen LogP contribution in [-0.4, -0.2) is 17.3 Å².